The molecule has 4 nitrogen and oxygen atoms in total. The molecule has 6 rings (SSSR count). The molecule has 31 heavy (non-hydrogen) atoms. The zero-order valence-corrected chi connectivity index (χ0v) is 18.2. The number of para-hydroxylation sites is 2. The number of hydrogen-bond donors (Lipinski definition) is 1. The van der Waals surface area contributed by atoms with Crippen LogP contribution in [0.3, 0.4) is 0 Å². The van der Waals surface area contributed by atoms with Gasteiger partial charge >= 0.3 is 0 Å². The van der Waals surface area contributed by atoms with E-state index in [0.717, 1.165) is 41.4 Å². The maximum atomic E-state index is 13.9. The van der Waals surface area contributed by atoms with Crippen LogP contribution in [-0.4, -0.2) is 26.9 Å². The third-order valence-electron chi connectivity index (χ3n) is 6.56. The minimum Gasteiger partial charge on any atom is -0.361 e. The van der Waals surface area contributed by atoms with E-state index < -0.39 is 0 Å². The van der Waals surface area contributed by atoms with Crippen LogP contribution in [0.2, 0.25) is 0 Å². The minimum atomic E-state index is 0.0504. The van der Waals surface area contributed by atoms with Crippen LogP contribution in [0.15, 0.2) is 72.4 Å². The molecule has 2 aromatic carbocycles. The summed E-state index contributed by atoms with van der Waals surface area (Å²) < 4.78 is 2.05. The molecule has 0 saturated heterocycles. The summed E-state index contributed by atoms with van der Waals surface area (Å²) in [6.07, 6.45) is 5.82. The molecule has 1 unspecified atom stereocenters. The molecule has 1 amide bonds. The van der Waals surface area contributed by atoms with E-state index in [2.05, 4.69) is 68.5 Å². The number of nitrogens with zero attached hydrogens (tertiary/aromatic N) is 2. The van der Waals surface area contributed by atoms with Crippen molar-refractivity contribution in [2.75, 3.05) is 6.54 Å². The van der Waals surface area contributed by atoms with Gasteiger partial charge in [-0.2, -0.15) is 0 Å². The maximum Gasteiger partial charge on any atom is 0.256 e. The van der Waals surface area contributed by atoms with Gasteiger partial charge in [0.1, 0.15) is 0 Å². The normalized spacial score (nSPS) is 16.2. The molecule has 5 heteroatoms. The molecular formula is C26H23N3OS. The van der Waals surface area contributed by atoms with Crippen LogP contribution in [0, 0.1) is 0 Å². The number of benzene rings is 2. The first-order chi connectivity index (χ1) is 15.2. The highest BCUT2D eigenvalue weighted by molar-refractivity contribution is 7.10. The van der Waals surface area contributed by atoms with Gasteiger partial charge in [0, 0.05) is 52.7 Å². The predicted octanol–water partition coefficient (Wildman–Crippen LogP) is 5.70. The van der Waals surface area contributed by atoms with E-state index in [4.69, 9.17) is 0 Å². The topological polar surface area (TPSA) is 41.0 Å². The number of hydrogen-bond acceptors (Lipinski definition) is 2. The van der Waals surface area contributed by atoms with Crippen LogP contribution in [0.1, 0.15) is 32.4 Å². The monoisotopic (exact) mass is 425 g/mol. The molecule has 4 heterocycles. The number of carbonyl (C=O) groups is 1. The average Bonchev–Trinajstić information content (AvgIpc) is 3.52. The summed E-state index contributed by atoms with van der Waals surface area (Å²) in [4.78, 5) is 20.7. The Balaban J connectivity index is 1.43. The van der Waals surface area contributed by atoms with E-state index in [0.29, 0.717) is 0 Å². The van der Waals surface area contributed by atoms with E-state index in [9.17, 15) is 4.79 Å². The van der Waals surface area contributed by atoms with Crippen molar-refractivity contribution in [3.63, 3.8) is 0 Å². The van der Waals surface area contributed by atoms with Crippen LogP contribution < -0.4 is 0 Å². The molecule has 1 aliphatic heterocycles. The van der Waals surface area contributed by atoms with Gasteiger partial charge in [0.25, 0.3) is 5.91 Å². The van der Waals surface area contributed by atoms with Crippen LogP contribution in [0.5, 0.6) is 0 Å². The molecule has 154 valence electrons. The Morgan fingerprint density at radius 1 is 1.10 bits per heavy atom. The van der Waals surface area contributed by atoms with Crippen LogP contribution >= 0.6 is 11.3 Å². The van der Waals surface area contributed by atoms with Crippen molar-refractivity contribution in [3.05, 3.63) is 93.9 Å². The van der Waals surface area contributed by atoms with Gasteiger partial charge in [-0.3, -0.25) is 4.79 Å². The molecule has 0 bridgehead atoms. The van der Waals surface area contributed by atoms with Gasteiger partial charge in [-0.05, 0) is 47.5 Å². The Labute approximate surface area is 184 Å². The number of H-pyrrole nitrogens is 1. The van der Waals surface area contributed by atoms with E-state index in [-0.39, 0.29) is 11.9 Å². The summed E-state index contributed by atoms with van der Waals surface area (Å²) in [5, 5.41) is 4.43. The van der Waals surface area contributed by atoms with Gasteiger partial charge in [-0.25, -0.2) is 0 Å². The summed E-state index contributed by atoms with van der Waals surface area (Å²) in [5.74, 6) is 0.126. The highest BCUT2D eigenvalue weighted by Gasteiger charge is 2.34. The van der Waals surface area contributed by atoms with Gasteiger partial charge in [0.15, 0.2) is 0 Å². The maximum absolute atomic E-state index is 13.9. The lowest BCUT2D eigenvalue weighted by Crippen LogP contribution is -2.40. The summed E-state index contributed by atoms with van der Waals surface area (Å²) in [6, 6.07) is 18.8. The first-order valence-corrected chi connectivity index (χ1v) is 11.5. The van der Waals surface area contributed by atoms with Crippen molar-refractivity contribution < 1.29 is 4.79 Å². The molecule has 0 spiro atoms. The Hall–Kier alpha value is -3.31. The molecule has 0 aliphatic carbocycles. The number of rotatable bonds is 3. The number of fused-ring (bicyclic) bond motifs is 3. The van der Waals surface area contributed by atoms with Crippen molar-refractivity contribution in [2.45, 2.75) is 18.9 Å². The number of nitrogens with one attached hydrogen (secondary N) is 1. The fraction of sp³-hybridized carbons (Fsp3) is 0.192. The highest BCUT2D eigenvalue weighted by Crippen LogP contribution is 2.39. The second kappa shape index (κ2) is 7.13. The van der Waals surface area contributed by atoms with Gasteiger partial charge in [-0.1, -0.05) is 36.4 Å². The highest BCUT2D eigenvalue weighted by atomic mass is 32.1. The summed E-state index contributed by atoms with van der Waals surface area (Å²) >= 11 is 1.78. The first kappa shape index (κ1) is 18.5. The number of aromatic nitrogens is 2. The molecule has 0 radical (unpaired) electrons. The van der Waals surface area contributed by atoms with E-state index >= 15 is 0 Å². The number of amides is 1. The van der Waals surface area contributed by atoms with Crippen molar-refractivity contribution in [1.82, 2.24) is 14.5 Å². The van der Waals surface area contributed by atoms with Crippen LogP contribution in [-0.2, 0) is 19.9 Å². The summed E-state index contributed by atoms with van der Waals surface area (Å²) in [6.45, 7) is 0.749. The molecule has 5 aromatic rings. The smallest absolute Gasteiger partial charge is 0.256 e. The fourth-order valence-electron chi connectivity index (χ4n) is 5.01. The molecule has 0 fully saturated rings. The lowest BCUT2D eigenvalue weighted by atomic mass is 9.94. The summed E-state index contributed by atoms with van der Waals surface area (Å²) in [7, 11) is 2.01. The number of thiophene rings is 1. The molecule has 1 N–H and O–H groups in total. The van der Waals surface area contributed by atoms with Crippen LogP contribution in [0.25, 0.3) is 21.8 Å². The number of carbonyl (C=O) groups excluding carboxylic acids is 1. The molecular weight excluding hydrogens is 402 g/mol. The molecule has 0 saturated carbocycles. The van der Waals surface area contributed by atoms with E-state index in [1.165, 1.54) is 21.4 Å². The van der Waals surface area contributed by atoms with E-state index in [1.807, 2.05) is 25.4 Å². The largest absolute Gasteiger partial charge is 0.361 e. The predicted molar refractivity (Wildman–Crippen MR) is 127 cm³/mol. The second-order valence-electron chi connectivity index (χ2n) is 8.31. The van der Waals surface area contributed by atoms with Gasteiger partial charge in [0.2, 0.25) is 0 Å². The van der Waals surface area contributed by atoms with Gasteiger partial charge in [-0.15, -0.1) is 11.3 Å². The molecule has 3 aromatic heterocycles. The fourth-order valence-corrected chi connectivity index (χ4v) is 6.07. The summed E-state index contributed by atoms with van der Waals surface area (Å²) in [5.41, 5.74) is 5.68. The number of aryl methyl sites for hydroxylation is 1. The standard InChI is InChI=1S/C26H23N3OS/c1-28-16-21(20-7-3-5-9-23(20)28)26(30)29-12-10-17-11-13-31-25(17)24(29)14-18-15-27-22-8-4-2-6-19(18)22/h2-9,11,13,15-16,24,27H,10,12,14H2,1H3. The van der Waals surface area contributed by atoms with Crippen molar-refractivity contribution in [2.24, 2.45) is 7.05 Å². The van der Waals surface area contributed by atoms with Crippen molar-refractivity contribution in [1.29, 1.82) is 0 Å². The van der Waals surface area contributed by atoms with E-state index in [1.54, 1.807) is 11.3 Å². The zero-order valence-electron chi connectivity index (χ0n) is 17.3. The lowest BCUT2D eigenvalue weighted by molar-refractivity contribution is 0.0666. The number of aromatic amines is 1. The SMILES string of the molecule is Cn1cc(C(=O)N2CCc3ccsc3C2Cc2c[nH]c3ccccc23)c2ccccc21. The Morgan fingerprint density at radius 3 is 2.81 bits per heavy atom. The van der Waals surface area contributed by atoms with Crippen molar-refractivity contribution in [3.8, 4) is 0 Å². The zero-order chi connectivity index (χ0) is 20.9. The Bertz CT molecular complexity index is 1420. The van der Waals surface area contributed by atoms with Gasteiger partial charge < -0.3 is 14.5 Å². The molecule has 1 atom stereocenters. The quantitative estimate of drug-likeness (QED) is 0.396. The molecule has 1 aliphatic rings. The Morgan fingerprint density at radius 2 is 1.90 bits per heavy atom. The van der Waals surface area contributed by atoms with Crippen LogP contribution in [0.4, 0.5) is 0 Å². The second-order valence-corrected chi connectivity index (χ2v) is 9.26. The van der Waals surface area contributed by atoms with Crippen molar-refractivity contribution >= 4 is 39.0 Å². The lowest BCUT2D eigenvalue weighted by Gasteiger charge is -2.36. The Kier molecular flexibility index (Phi) is 4.25. The average molecular weight is 426 g/mol. The van der Waals surface area contributed by atoms with Gasteiger partial charge in [0.05, 0.1) is 11.6 Å². The third-order valence-corrected chi connectivity index (χ3v) is 7.62. The minimum absolute atomic E-state index is 0.0504. The first-order valence-electron chi connectivity index (χ1n) is 10.7. The third kappa shape index (κ3) is 2.92.